The number of nitrogens with one attached hydrogen (secondary N) is 2. The van der Waals surface area contributed by atoms with Gasteiger partial charge in [0.1, 0.15) is 18.2 Å². The Balaban J connectivity index is 2.28. The average molecular weight is 293 g/mol. The summed E-state index contributed by atoms with van der Waals surface area (Å²) in [6.45, 7) is 3.16. The van der Waals surface area contributed by atoms with Crippen LogP contribution in [0.4, 0.5) is 17.3 Å². The zero-order chi connectivity index (χ0) is 14.4. The molecule has 0 bridgehead atoms. The molecular formula is C14H17ClN4O. The van der Waals surface area contributed by atoms with Crippen molar-refractivity contribution in [2.24, 2.45) is 0 Å². The number of nitrogens with zero attached hydrogens (tertiary/aromatic N) is 2. The number of hydrogen-bond donors (Lipinski definition) is 2. The van der Waals surface area contributed by atoms with Gasteiger partial charge < -0.3 is 15.4 Å². The Hall–Kier alpha value is -1.85. The van der Waals surface area contributed by atoms with Crippen molar-refractivity contribution in [2.45, 2.75) is 13.5 Å². The van der Waals surface area contributed by atoms with Crippen molar-refractivity contribution < 1.29 is 4.74 Å². The second-order valence-corrected chi connectivity index (χ2v) is 4.53. The Morgan fingerprint density at radius 2 is 1.95 bits per heavy atom. The third kappa shape index (κ3) is 3.82. The Bertz CT molecular complexity index is 553. The molecule has 0 radical (unpaired) electrons. The maximum Gasteiger partial charge on any atom is 0.158 e. The third-order valence-corrected chi connectivity index (χ3v) is 2.87. The van der Waals surface area contributed by atoms with Gasteiger partial charge in [0.05, 0.1) is 10.7 Å². The number of para-hydroxylation sites is 1. The summed E-state index contributed by atoms with van der Waals surface area (Å²) in [5, 5.41) is 7.00. The molecule has 0 unspecified atom stereocenters. The number of aromatic nitrogens is 2. The number of ether oxygens (including phenoxy) is 1. The first-order chi connectivity index (χ1) is 9.72. The maximum atomic E-state index is 6.13. The summed E-state index contributed by atoms with van der Waals surface area (Å²) in [4.78, 5) is 8.75. The lowest BCUT2D eigenvalue weighted by molar-refractivity contribution is 0.178. The van der Waals surface area contributed by atoms with Crippen LogP contribution in [0.2, 0.25) is 5.02 Å². The number of halogens is 1. The molecule has 0 saturated heterocycles. The molecule has 0 fully saturated rings. The van der Waals surface area contributed by atoms with Crippen LogP contribution in [0.1, 0.15) is 12.7 Å². The number of methoxy groups -OCH3 is 1. The van der Waals surface area contributed by atoms with Gasteiger partial charge in [0.15, 0.2) is 5.82 Å². The van der Waals surface area contributed by atoms with Gasteiger partial charge in [-0.3, -0.25) is 0 Å². The van der Waals surface area contributed by atoms with E-state index in [1.807, 2.05) is 37.3 Å². The molecule has 0 amide bonds. The van der Waals surface area contributed by atoms with Crippen molar-refractivity contribution in [3.8, 4) is 0 Å². The smallest absolute Gasteiger partial charge is 0.158 e. The highest BCUT2D eigenvalue weighted by atomic mass is 35.5. The van der Waals surface area contributed by atoms with Gasteiger partial charge in [0.25, 0.3) is 0 Å². The molecule has 106 valence electrons. The molecule has 1 heterocycles. The van der Waals surface area contributed by atoms with Crippen LogP contribution in [-0.4, -0.2) is 23.6 Å². The summed E-state index contributed by atoms with van der Waals surface area (Å²) in [5.74, 6) is 2.04. The lowest BCUT2D eigenvalue weighted by Gasteiger charge is -2.11. The van der Waals surface area contributed by atoms with Crippen molar-refractivity contribution in [3.05, 3.63) is 41.2 Å². The standard InChI is InChI=1S/C14H17ClN4O/c1-3-16-12-8-13(19-14(18-12)9-20-2)17-11-7-5-4-6-10(11)15/h4-8H,3,9H2,1-2H3,(H2,16,17,18,19). The van der Waals surface area contributed by atoms with E-state index >= 15 is 0 Å². The molecule has 2 rings (SSSR count). The number of hydrogen-bond acceptors (Lipinski definition) is 5. The number of rotatable bonds is 6. The molecule has 2 N–H and O–H groups in total. The molecule has 0 atom stereocenters. The summed E-state index contributed by atoms with van der Waals surface area (Å²) in [6, 6.07) is 9.36. The van der Waals surface area contributed by atoms with Crippen LogP contribution in [0.15, 0.2) is 30.3 Å². The van der Waals surface area contributed by atoms with Crippen molar-refractivity contribution in [1.29, 1.82) is 0 Å². The molecule has 0 spiro atoms. The zero-order valence-corrected chi connectivity index (χ0v) is 12.2. The van der Waals surface area contributed by atoms with E-state index in [1.165, 1.54) is 0 Å². The van der Waals surface area contributed by atoms with Crippen LogP contribution in [0.3, 0.4) is 0 Å². The van der Waals surface area contributed by atoms with Crippen molar-refractivity contribution in [1.82, 2.24) is 9.97 Å². The third-order valence-electron chi connectivity index (χ3n) is 2.54. The Morgan fingerprint density at radius 3 is 2.65 bits per heavy atom. The number of anilines is 3. The van der Waals surface area contributed by atoms with Crippen molar-refractivity contribution >= 4 is 28.9 Å². The molecule has 1 aromatic carbocycles. The maximum absolute atomic E-state index is 6.13. The van der Waals surface area contributed by atoms with E-state index in [2.05, 4.69) is 20.6 Å². The predicted molar refractivity (Wildman–Crippen MR) is 81.6 cm³/mol. The van der Waals surface area contributed by atoms with E-state index < -0.39 is 0 Å². The van der Waals surface area contributed by atoms with Crippen molar-refractivity contribution in [3.63, 3.8) is 0 Å². The SMILES string of the molecule is CCNc1cc(Nc2ccccc2Cl)nc(COC)n1. The summed E-state index contributed by atoms with van der Waals surface area (Å²) in [6.07, 6.45) is 0. The largest absolute Gasteiger partial charge is 0.377 e. The molecule has 20 heavy (non-hydrogen) atoms. The first-order valence-electron chi connectivity index (χ1n) is 6.35. The van der Waals surface area contributed by atoms with E-state index in [9.17, 15) is 0 Å². The van der Waals surface area contributed by atoms with Gasteiger partial charge >= 0.3 is 0 Å². The molecule has 6 heteroatoms. The fourth-order valence-electron chi connectivity index (χ4n) is 1.73. The molecule has 0 saturated carbocycles. The Morgan fingerprint density at radius 1 is 1.20 bits per heavy atom. The highest BCUT2D eigenvalue weighted by molar-refractivity contribution is 6.33. The van der Waals surface area contributed by atoms with Gasteiger partial charge in [-0.05, 0) is 19.1 Å². The van der Waals surface area contributed by atoms with Gasteiger partial charge in [-0.1, -0.05) is 23.7 Å². The summed E-state index contributed by atoms with van der Waals surface area (Å²) in [7, 11) is 1.62. The van der Waals surface area contributed by atoms with E-state index in [1.54, 1.807) is 7.11 Å². The van der Waals surface area contributed by atoms with Crippen molar-refractivity contribution in [2.75, 3.05) is 24.3 Å². The Kier molecular flexibility index (Phi) is 5.15. The van der Waals surface area contributed by atoms with Gasteiger partial charge in [0.2, 0.25) is 0 Å². The van der Waals surface area contributed by atoms with E-state index in [4.69, 9.17) is 16.3 Å². The topological polar surface area (TPSA) is 59.1 Å². The van der Waals surface area contributed by atoms with Crippen LogP contribution < -0.4 is 10.6 Å². The fraction of sp³-hybridized carbons (Fsp3) is 0.286. The quantitative estimate of drug-likeness (QED) is 0.854. The second kappa shape index (κ2) is 7.07. The van der Waals surface area contributed by atoms with E-state index in [0.717, 1.165) is 18.1 Å². The number of benzene rings is 1. The van der Waals surface area contributed by atoms with Gasteiger partial charge in [0, 0.05) is 19.7 Å². The van der Waals surface area contributed by atoms with Gasteiger partial charge in [-0.15, -0.1) is 0 Å². The molecule has 2 aromatic rings. The highest BCUT2D eigenvalue weighted by Crippen LogP contribution is 2.24. The Labute approximate surface area is 123 Å². The normalized spacial score (nSPS) is 10.3. The first kappa shape index (κ1) is 14.6. The molecule has 0 aliphatic rings. The van der Waals surface area contributed by atoms with Crippen LogP contribution in [0.5, 0.6) is 0 Å². The van der Waals surface area contributed by atoms with E-state index in [0.29, 0.717) is 23.3 Å². The minimum atomic E-state index is 0.358. The molecule has 0 aliphatic heterocycles. The second-order valence-electron chi connectivity index (χ2n) is 4.12. The highest BCUT2D eigenvalue weighted by Gasteiger charge is 2.06. The van der Waals surface area contributed by atoms with Gasteiger partial charge in [-0.25, -0.2) is 9.97 Å². The lowest BCUT2D eigenvalue weighted by Crippen LogP contribution is -2.06. The minimum Gasteiger partial charge on any atom is -0.377 e. The molecule has 5 nitrogen and oxygen atoms in total. The summed E-state index contributed by atoms with van der Waals surface area (Å²) in [5.41, 5.74) is 0.804. The molecule has 1 aromatic heterocycles. The van der Waals surface area contributed by atoms with Crippen LogP contribution in [0, 0.1) is 0 Å². The fourth-order valence-corrected chi connectivity index (χ4v) is 1.91. The van der Waals surface area contributed by atoms with Crippen LogP contribution in [-0.2, 0) is 11.3 Å². The summed E-state index contributed by atoms with van der Waals surface area (Å²) < 4.78 is 5.08. The first-order valence-corrected chi connectivity index (χ1v) is 6.73. The molecule has 0 aliphatic carbocycles. The van der Waals surface area contributed by atoms with Gasteiger partial charge in [-0.2, -0.15) is 0 Å². The van der Waals surface area contributed by atoms with E-state index in [-0.39, 0.29) is 0 Å². The summed E-state index contributed by atoms with van der Waals surface area (Å²) >= 11 is 6.13. The molecular weight excluding hydrogens is 276 g/mol. The zero-order valence-electron chi connectivity index (χ0n) is 11.5. The predicted octanol–water partition coefficient (Wildman–Crippen LogP) is 3.45. The van der Waals surface area contributed by atoms with Crippen LogP contribution in [0.25, 0.3) is 0 Å². The monoisotopic (exact) mass is 292 g/mol. The minimum absolute atomic E-state index is 0.358. The average Bonchev–Trinajstić information content (AvgIpc) is 2.42. The lowest BCUT2D eigenvalue weighted by atomic mass is 10.3. The van der Waals surface area contributed by atoms with Crippen LogP contribution >= 0.6 is 11.6 Å².